The smallest absolute Gasteiger partial charge is 0.307 e. The Bertz CT molecular complexity index is 618. The molecule has 1 saturated carbocycles. The quantitative estimate of drug-likeness (QED) is 0.674. The van der Waals surface area contributed by atoms with Gasteiger partial charge in [0.25, 0.3) is 5.91 Å². The molecule has 0 heterocycles. The van der Waals surface area contributed by atoms with E-state index in [0.29, 0.717) is 12.0 Å². The monoisotopic (exact) mass is 308 g/mol. The predicted octanol–water partition coefficient (Wildman–Crippen LogP) is 0.701. The third-order valence-electron chi connectivity index (χ3n) is 3.59. The van der Waals surface area contributed by atoms with Crippen LogP contribution in [0.2, 0.25) is 0 Å². The number of carboxylic acid groups (broad SMARTS) is 1. The molecule has 0 spiro atoms. The molecule has 0 bridgehead atoms. The van der Waals surface area contributed by atoms with E-state index in [0.717, 1.165) is 6.07 Å². The van der Waals surface area contributed by atoms with Crippen LogP contribution in [0.4, 0.5) is 4.39 Å². The Morgan fingerprint density at radius 2 is 1.91 bits per heavy atom. The van der Waals surface area contributed by atoms with Crippen molar-refractivity contribution in [2.24, 2.45) is 11.8 Å². The third kappa shape index (κ3) is 3.81. The van der Waals surface area contributed by atoms with Gasteiger partial charge in [-0.1, -0.05) is 6.07 Å². The molecule has 22 heavy (non-hydrogen) atoms. The number of aryl methyl sites for hydroxylation is 1. The number of amides is 2. The van der Waals surface area contributed by atoms with Crippen molar-refractivity contribution in [1.82, 2.24) is 10.6 Å². The highest BCUT2D eigenvalue weighted by Crippen LogP contribution is 2.38. The first-order valence-corrected chi connectivity index (χ1v) is 6.95. The van der Waals surface area contributed by atoms with Crippen molar-refractivity contribution in [2.75, 3.05) is 13.1 Å². The second-order valence-electron chi connectivity index (χ2n) is 5.30. The summed E-state index contributed by atoms with van der Waals surface area (Å²) in [4.78, 5) is 34.0. The zero-order chi connectivity index (χ0) is 16.3. The Morgan fingerprint density at radius 1 is 1.23 bits per heavy atom. The standard InChI is InChI=1S/C15H17FN2O4/c1-8-2-3-9(6-12(8)16)13(19)17-4-5-18-14(20)10-7-11(10)15(21)22/h2-3,6,10-11H,4-5,7H2,1H3,(H,17,19)(H,18,20)(H,21,22). The number of benzene rings is 1. The Kier molecular flexibility index (Phi) is 4.75. The second-order valence-corrected chi connectivity index (χ2v) is 5.30. The maximum Gasteiger partial charge on any atom is 0.307 e. The van der Waals surface area contributed by atoms with Crippen molar-refractivity contribution >= 4 is 17.8 Å². The van der Waals surface area contributed by atoms with Crippen molar-refractivity contribution in [1.29, 1.82) is 0 Å². The highest BCUT2D eigenvalue weighted by atomic mass is 19.1. The van der Waals surface area contributed by atoms with Crippen LogP contribution in [0.25, 0.3) is 0 Å². The molecular weight excluding hydrogens is 291 g/mol. The number of rotatable bonds is 6. The van der Waals surface area contributed by atoms with E-state index in [2.05, 4.69) is 10.6 Å². The van der Waals surface area contributed by atoms with Gasteiger partial charge in [-0.2, -0.15) is 0 Å². The summed E-state index contributed by atoms with van der Waals surface area (Å²) >= 11 is 0. The van der Waals surface area contributed by atoms with Crippen LogP contribution in [0.5, 0.6) is 0 Å². The molecule has 0 aliphatic heterocycles. The average molecular weight is 308 g/mol. The normalized spacial score (nSPS) is 19.4. The lowest BCUT2D eigenvalue weighted by Gasteiger charge is -2.07. The van der Waals surface area contributed by atoms with Crippen molar-refractivity contribution in [3.63, 3.8) is 0 Å². The van der Waals surface area contributed by atoms with Crippen molar-refractivity contribution in [3.8, 4) is 0 Å². The maximum atomic E-state index is 13.3. The van der Waals surface area contributed by atoms with Crippen molar-refractivity contribution < 1.29 is 23.9 Å². The molecule has 7 heteroatoms. The van der Waals surface area contributed by atoms with Gasteiger partial charge in [0.1, 0.15) is 5.82 Å². The van der Waals surface area contributed by atoms with Gasteiger partial charge in [0.15, 0.2) is 0 Å². The molecule has 6 nitrogen and oxygen atoms in total. The van der Waals surface area contributed by atoms with Crippen LogP contribution in [0.15, 0.2) is 18.2 Å². The highest BCUT2D eigenvalue weighted by Gasteiger charge is 2.48. The van der Waals surface area contributed by atoms with Crippen LogP contribution in [0.3, 0.4) is 0 Å². The van der Waals surface area contributed by atoms with E-state index in [9.17, 15) is 18.8 Å². The minimum Gasteiger partial charge on any atom is -0.481 e. The van der Waals surface area contributed by atoms with Crippen molar-refractivity contribution in [3.05, 3.63) is 35.1 Å². The Morgan fingerprint density at radius 3 is 2.50 bits per heavy atom. The molecule has 0 radical (unpaired) electrons. The molecule has 118 valence electrons. The molecule has 0 aromatic heterocycles. The number of carbonyl (C=O) groups is 3. The van der Waals surface area contributed by atoms with Crippen LogP contribution in [-0.4, -0.2) is 36.0 Å². The third-order valence-corrected chi connectivity index (χ3v) is 3.59. The minimum absolute atomic E-state index is 0.185. The lowest BCUT2D eigenvalue weighted by molar-refractivity contribution is -0.140. The van der Waals surface area contributed by atoms with Gasteiger partial charge in [0.05, 0.1) is 11.8 Å². The Balaban J connectivity index is 1.70. The minimum atomic E-state index is -0.963. The average Bonchev–Trinajstić information content (AvgIpc) is 3.26. The number of halogens is 1. The molecule has 2 rings (SSSR count). The molecule has 2 atom stereocenters. The van der Waals surface area contributed by atoms with E-state index in [1.807, 2.05) is 0 Å². The highest BCUT2D eigenvalue weighted by molar-refractivity contribution is 5.94. The number of carboxylic acids is 1. The topological polar surface area (TPSA) is 95.5 Å². The number of nitrogens with one attached hydrogen (secondary N) is 2. The van der Waals surface area contributed by atoms with Crippen LogP contribution >= 0.6 is 0 Å². The summed E-state index contributed by atoms with van der Waals surface area (Å²) in [6.07, 6.45) is 0.357. The summed E-state index contributed by atoms with van der Waals surface area (Å²) in [5, 5.41) is 13.8. The molecule has 1 aromatic carbocycles. The summed E-state index contributed by atoms with van der Waals surface area (Å²) < 4.78 is 13.3. The molecule has 2 amide bonds. The van der Waals surface area contributed by atoms with Gasteiger partial charge in [-0.25, -0.2) is 4.39 Å². The van der Waals surface area contributed by atoms with Gasteiger partial charge in [-0.15, -0.1) is 0 Å². The molecule has 1 aromatic rings. The molecule has 1 aliphatic rings. The maximum absolute atomic E-state index is 13.3. The van der Waals surface area contributed by atoms with Crippen LogP contribution < -0.4 is 10.6 Å². The summed E-state index contributed by atoms with van der Waals surface area (Å²) in [7, 11) is 0. The SMILES string of the molecule is Cc1ccc(C(=O)NCCNC(=O)C2CC2C(=O)O)cc1F. The van der Waals surface area contributed by atoms with Crippen molar-refractivity contribution in [2.45, 2.75) is 13.3 Å². The molecule has 1 fully saturated rings. The Labute approximate surface area is 126 Å². The fourth-order valence-electron chi connectivity index (χ4n) is 2.09. The molecular formula is C15H17FN2O4. The molecule has 2 unspecified atom stereocenters. The van der Waals surface area contributed by atoms with E-state index >= 15 is 0 Å². The first-order chi connectivity index (χ1) is 10.4. The number of hydrogen-bond acceptors (Lipinski definition) is 3. The van der Waals surface area contributed by atoms with Gasteiger partial charge in [0.2, 0.25) is 5.91 Å². The predicted molar refractivity (Wildman–Crippen MR) is 75.7 cm³/mol. The molecule has 1 aliphatic carbocycles. The van der Waals surface area contributed by atoms with Crippen LogP contribution in [-0.2, 0) is 9.59 Å². The summed E-state index contributed by atoms with van der Waals surface area (Å²) in [5.74, 6) is -3.22. The largest absolute Gasteiger partial charge is 0.481 e. The van der Waals surface area contributed by atoms with Gasteiger partial charge < -0.3 is 15.7 Å². The first-order valence-electron chi connectivity index (χ1n) is 6.95. The lowest BCUT2D eigenvalue weighted by Crippen LogP contribution is -2.35. The number of aliphatic carboxylic acids is 1. The zero-order valence-electron chi connectivity index (χ0n) is 12.1. The summed E-state index contributed by atoms with van der Waals surface area (Å²) in [6.45, 7) is 1.99. The second kappa shape index (κ2) is 6.55. The van der Waals surface area contributed by atoms with E-state index in [1.54, 1.807) is 6.92 Å². The first kappa shape index (κ1) is 15.9. The van der Waals surface area contributed by atoms with Gasteiger partial charge >= 0.3 is 5.97 Å². The lowest BCUT2D eigenvalue weighted by atomic mass is 10.1. The van der Waals surface area contributed by atoms with Crippen LogP contribution in [0.1, 0.15) is 22.3 Å². The van der Waals surface area contributed by atoms with E-state index in [-0.39, 0.29) is 24.6 Å². The summed E-state index contributed by atoms with van der Waals surface area (Å²) in [5.41, 5.74) is 0.670. The number of carbonyl (C=O) groups excluding carboxylic acids is 2. The molecule has 0 saturated heterocycles. The van der Waals surface area contributed by atoms with E-state index in [4.69, 9.17) is 5.11 Å². The van der Waals surface area contributed by atoms with E-state index in [1.165, 1.54) is 12.1 Å². The molecule has 3 N–H and O–H groups in total. The fourth-order valence-corrected chi connectivity index (χ4v) is 2.09. The van der Waals surface area contributed by atoms with Crippen LogP contribution in [0, 0.1) is 24.6 Å². The fraction of sp³-hybridized carbons (Fsp3) is 0.400. The zero-order valence-corrected chi connectivity index (χ0v) is 12.1. The Hall–Kier alpha value is -2.44. The number of hydrogen-bond donors (Lipinski definition) is 3. The van der Waals surface area contributed by atoms with Gasteiger partial charge in [-0.3, -0.25) is 14.4 Å². The van der Waals surface area contributed by atoms with Gasteiger partial charge in [0, 0.05) is 18.7 Å². The van der Waals surface area contributed by atoms with Gasteiger partial charge in [-0.05, 0) is 31.0 Å². The van der Waals surface area contributed by atoms with E-state index < -0.39 is 29.5 Å². The summed E-state index contributed by atoms with van der Waals surface area (Å²) in [6, 6.07) is 4.20.